The van der Waals surface area contributed by atoms with Crippen molar-refractivity contribution >= 4 is 9.84 Å². The summed E-state index contributed by atoms with van der Waals surface area (Å²) in [5.41, 5.74) is 6.56. The van der Waals surface area contributed by atoms with Crippen LogP contribution < -0.4 is 5.73 Å². The van der Waals surface area contributed by atoms with Crippen LogP contribution in [0.25, 0.3) is 0 Å². The minimum absolute atomic E-state index is 0.182. The smallest absolute Gasteiger partial charge is 0.147 e. The Hall–Kier alpha value is -0.0900. The Morgan fingerprint density at radius 1 is 1.31 bits per heavy atom. The Bertz CT molecular complexity index is 305. The fraction of sp³-hybridized carbons (Fsp3) is 1.00. The molecule has 2 N–H and O–H groups in total. The Kier molecular flexibility index (Phi) is 4.80. The molecule has 0 aromatic rings. The molecule has 1 saturated carbocycles. The summed E-state index contributed by atoms with van der Waals surface area (Å²) >= 11 is 0. The second-order valence-corrected chi connectivity index (χ2v) is 7.56. The molecule has 0 bridgehead atoms. The van der Waals surface area contributed by atoms with Crippen molar-refractivity contribution in [3.05, 3.63) is 0 Å². The van der Waals surface area contributed by atoms with E-state index < -0.39 is 9.84 Å². The van der Waals surface area contributed by atoms with Crippen LogP contribution in [0.4, 0.5) is 0 Å². The van der Waals surface area contributed by atoms with Crippen LogP contribution in [-0.2, 0) is 9.84 Å². The van der Waals surface area contributed by atoms with Gasteiger partial charge in [-0.25, -0.2) is 8.42 Å². The Labute approximate surface area is 99.7 Å². The first-order valence-electron chi connectivity index (χ1n) is 6.33. The third kappa shape index (κ3) is 3.74. The fourth-order valence-corrected chi connectivity index (χ4v) is 3.63. The molecule has 1 rings (SSSR count). The molecule has 1 atom stereocenters. The van der Waals surface area contributed by atoms with Crippen LogP contribution >= 0.6 is 0 Å². The number of hydrogen-bond donors (Lipinski definition) is 1. The first kappa shape index (κ1) is 14.0. The molecule has 4 heteroatoms. The molecule has 1 fully saturated rings. The van der Waals surface area contributed by atoms with Crippen LogP contribution in [0.15, 0.2) is 0 Å². The molecule has 1 aliphatic rings. The molecule has 0 heterocycles. The highest BCUT2D eigenvalue weighted by Gasteiger charge is 2.37. The molecule has 0 radical (unpaired) electrons. The van der Waals surface area contributed by atoms with E-state index in [0.29, 0.717) is 11.8 Å². The molecule has 0 amide bonds. The van der Waals surface area contributed by atoms with Gasteiger partial charge in [-0.05, 0) is 37.5 Å². The van der Waals surface area contributed by atoms with Gasteiger partial charge >= 0.3 is 0 Å². The first-order valence-corrected chi connectivity index (χ1v) is 8.39. The zero-order valence-corrected chi connectivity index (χ0v) is 11.4. The molecule has 16 heavy (non-hydrogen) atoms. The highest BCUT2D eigenvalue weighted by Crippen LogP contribution is 2.44. The van der Waals surface area contributed by atoms with E-state index in [4.69, 9.17) is 5.73 Å². The van der Waals surface area contributed by atoms with E-state index in [-0.39, 0.29) is 11.8 Å². The monoisotopic (exact) mass is 247 g/mol. The lowest BCUT2D eigenvalue weighted by Gasteiger charge is -2.34. The lowest BCUT2D eigenvalue weighted by atomic mass is 9.75. The predicted molar refractivity (Wildman–Crippen MR) is 68.1 cm³/mol. The molecule has 0 aliphatic heterocycles. The van der Waals surface area contributed by atoms with Crippen molar-refractivity contribution in [3.63, 3.8) is 0 Å². The second-order valence-electron chi connectivity index (χ2n) is 5.30. The van der Waals surface area contributed by atoms with Crippen molar-refractivity contribution in [2.75, 3.05) is 12.0 Å². The number of hydrogen-bond acceptors (Lipinski definition) is 3. The van der Waals surface area contributed by atoms with E-state index in [1.54, 1.807) is 0 Å². The fourth-order valence-electron chi connectivity index (χ4n) is 2.94. The normalized spacial score (nSPS) is 22.2. The van der Waals surface area contributed by atoms with Crippen molar-refractivity contribution in [3.8, 4) is 0 Å². The standard InChI is InChI=1S/C12H25NO2S/c1-3-12(8-4-5-9-12)11(13)7-6-10-16(2,14)15/h11H,3-10,13H2,1-2H3. The maximum Gasteiger partial charge on any atom is 0.147 e. The summed E-state index contributed by atoms with van der Waals surface area (Å²) in [5.74, 6) is 0.278. The van der Waals surface area contributed by atoms with E-state index in [9.17, 15) is 8.42 Å². The third-order valence-corrected chi connectivity index (χ3v) is 5.15. The molecule has 0 aromatic heterocycles. The largest absolute Gasteiger partial charge is 0.327 e. The van der Waals surface area contributed by atoms with Crippen LogP contribution in [0.3, 0.4) is 0 Å². The van der Waals surface area contributed by atoms with E-state index in [1.807, 2.05) is 0 Å². The quantitative estimate of drug-likeness (QED) is 0.782. The summed E-state index contributed by atoms with van der Waals surface area (Å²) in [6, 6.07) is 0.182. The van der Waals surface area contributed by atoms with Gasteiger partial charge < -0.3 is 5.73 Å². The van der Waals surface area contributed by atoms with Gasteiger partial charge in [0.05, 0.1) is 0 Å². The van der Waals surface area contributed by atoms with Crippen molar-refractivity contribution in [2.45, 2.75) is 57.9 Å². The maximum absolute atomic E-state index is 11.0. The summed E-state index contributed by atoms with van der Waals surface area (Å²) < 4.78 is 22.1. The van der Waals surface area contributed by atoms with Gasteiger partial charge in [-0.3, -0.25) is 0 Å². The molecule has 0 aromatic carbocycles. The van der Waals surface area contributed by atoms with Gasteiger partial charge in [-0.1, -0.05) is 19.8 Å². The predicted octanol–water partition coefficient (Wildman–Crippen LogP) is 2.11. The van der Waals surface area contributed by atoms with Crippen molar-refractivity contribution in [1.82, 2.24) is 0 Å². The zero-order valence-electron chi connectivity index (χ0n) is 10.5. The minimum atomic E-state index is -2.83. The summed E-state index contributed by atoms with van der Waals surface area (Å²) in [4.78, 5) is 0. The Morgan fingerprint density at radius 3 is 2.31 bits per heavy atom. The highest BCUT2D eigenvalue weighted by molar-refractivity contribution is 7.90. The summed E-state index contributed by atoms with van der Waals surface area (Å²) in [5, 5.41) is 0. The molecule has 96 valence electrons. The van der Waals surface area contributed by atoms with Gasteiger partial charge in [-0.2, -0.15) is 0 Å². The SMILES string of the molecule is CCC1(C(N)CCCS(C)(=O)=O)CCCC1. The average molecular weight is 247 g/mol. The Balaban J connectivity index is 2.41. The van der Waals surface area contributed by atoms with Gasteiger partial charge in [0.2, 0.25) is 0 Å². The minimum Gasteiger partial charge on any atom is -0.327 e. The topological polar surface area (TPSA) is 60.2 Å². The molecule has 0 saturated heterocycles. The number of rotatable bonds is 6. The molecule has 1 aliphatic carbocycles. The molecule has 1 unspecified atom stereocenters. The maximum atomic E-state index is 11.0. The van der Waals surface area contributed by atoms with Crippen LogP contribution in [-0.4, -0.2) is 26.5 Å². The number of sulfone groups is 1. The molecular formula is C12H25NO2S. The average Bonchev–Trinajstić information content (AvgIpc) is 2.65. The van der Waals surface area contributed by atoms with E-state index >= 15 is 0 Å². The van der Waals surface area contributed by atoms with E-state index in [1.165, 1.54) is 31.9 Å². The second kappa shape index (κ2) is 5.50. The van der Waals surface area contributed by atoms with Crippen molar-refractivity contribution in [1.29, 1.82) is 0 Å². The highest BCUT2D eigenvalue weighted by atomic mass is 32.2. The van der Waals surface area contributed by atoms with Gasteiger partial charge in [0.1, 0.15) is 9.84 Å². The lowest BCUT2D eigenvalue weighted by Crippen LogP contribution is -2.39. The van der Waals surface area contributed by atoms with E-state index in [2.05, 4.69) is 6.92 Å². The summed E-state index contributed by atoms with van der Waals surface area (Å²) in [7, 11) is -2.83. The first-order chi connectivity index (χ1) is 7.40. The van der Waals surface area contributed by atoms with Crippen molar-refractivity contribution in [2.24, 2.45) is 11.1 Å². The Morgan fingerprint density at radius 2 is 1.88 bits per heavy atom. The molecular weight excluding hydrogens is 222 g/mol. The molecule has 0 spiro atoms. The zero-order chi connectivity index (χ0) is 12.2. The lowest BCUT2D eigenvalue weighted by molar-refractivity contribution is 0.210. The van der Waals surface area contributed by atoms with Crippen LogP contribution in [0.2, 0.25) is 0 Å². The van der Waals surface area contributed by atoms with Crippen molar-refractivity contribution < 1.29 is 8.42 Å². The van der Waals surface area contributed by atoms with Gasteiger partial charge in [0, 0.05) is 18.1 Å². The van der Waals surface area contributed by atoms with Crippen LogP contribution in [0, 0.1) is 5.41 Å². The van der Waals surface area contributed by atoms with Gasteiger partial charge in [-0.15, -0.1) is 0 Å². The van der Waals surface area contributed by atoms with Crippen LogP contribution in [0.1, 0.15) is 51.9 Å². The van der Waals surface area contributed by atoms with Gasteiger partial charge in [0.25, 0.3) is 0 Å². The number of nitrogens with two attached hydrogens (primary N) is 1. The van der Waals surface area contributed by atoms with E-state index in [0.717, 1.165) is 12.8 Å². The summed E-state index contributed by atoms with van der Waals surface area (Å²) in [6.07, 6.45) is 9.01. The summed E-state index contributed by atoms with van der Waals surface area (Å²) in [6.45, 7) is 2.21. The molecule has 3 nitrogen and oxygen atoms in total. The van der Waals surface area contributed by atoms with Gasteiger partial charge in [0.15, 0.2) is 0 Å². The van der Waals surface area contributed by atoms with Crippen LogP contribution in [0.5, 0.6) is 0 Å². The third-order valence-electron chi connectivity index (χ3n) is 4.12.